The van der Waals surface area contributed by atoms with Crippen molar-refractivity contribution in [3.8, 4) is 0 Å². The molecular formula is C9H16O2PS3+. The van der Waals surface area contributed by atoms with Gasteiger partial charge >= 0.3 is 7.00 Å². The van der Waals surface area contributed by atoms with Crippen LogP contribution in [0, 0.1) is 0 Å². The molecule has 0 N–H and O–H groups in total. The molecule has 0 aromatic rings. The van der Waals surface area contributed by atoms with Gasteiger partial charge in [0.2, 0.25) is 9.60 Å². The summed E-state index contributed by atoms with van der Waals surface area (Å²) in [6, 6.07) is 0. The number of rotatable bonds is 7. The van der Waals surface area contributed by atoms with Crippen molar-refractivity contribution in [3.05, 3.63) is 12.7 Å². The van der Waals surface area contributed by atoms with E-state index in [9.17, 15) is 9.36 Å². The van der Waals surface area contributed by atoms with Crippen molar-refractivity contribution in [2.24, 2.45) is 0 Å². The Kier molecular flexibility index (Phi) is 8.06. The van der Waals surface area contributed by atoms with Crippen molar-refractivity contribution in [2.45, 2.75) is 18.3 Å². The second-order valence-corrected chi connectivity index (χ2v) is 10.3. The second-order valence-electron chi connectivity index (χ2n) is 3.11. The standard InChI is InChI=1S/C9H16O2PS3/c1-5-8(10)14-6-7-15-9(2,3)12(11)13-4/h5H,1,6-7H2,2-4H3/q+1. The monoisotopic (exact) mass is 283 g/mol. The minimum Gasteiger partial charge on any atom is -0.282 e. The first kappa shape index (κ1) is 15.6. The molecule has 0 amide bonds. The van der Waals surface area contributed by atoms with Crippen molar-refractivity contribution in [3.63, 3.8) is 0 Å². The van der Waals surface area contributed by atoms with Gasteiger partial charge in [-0.2, -0.15) is 0 Å². The lowest BCUT2D eigenvalue weighted by Gasteiger charge is -2.10. The van der Waals surface area contributed by atoms with Crippen LogP contribution in [0.2, 0.25) is 0 Å². The summed E-state index contributed by atoms with van der Waals surface area (Å²) in [5.41, 5.74) is 0. The van der Waals surface area contributed by atoms with Crippen LogP contribution in [-0.2, 0) is 9.36 Å². The minimum absolute atomic E-state index is 0.00246. The minimum atomic E-state index is -1.24. The first-order chi connectivity index (χ1) is 6.94. The Morgan fingerprint density at radius 3 is 2.53 bits per heavy atom. The van der Waals surface area contributed by atoms with E-state index >= 15 is 0 Å². The lowest BCUT2D eigenvalue weighted by Crippen LogP contribution is -2.09. The lowest BCUT2D eigenvalue weighted by molar-refractivity contribution is -0.107. The fraction of sp³-hybridized carbons (Fsp3) is 0.667. The van der Waals surface area contributed by atoms with E-state index in [0.717, 1.165) is 11.5 Å². The van der Waals surface area contributed by atoms with E-state index in [-0.39, 0.29) is 9.60 Å². The third kappa shape index (κ3) is 6.67. The second kappa shape index (κ2) is 7.77. The van der Waals surface area contributed by atoms with Crippen LogP contribution >= 0.6 is 41.9 Å². The van der Waals surface area contributed by atoms with E-state index < -0.39 is 7.00 Å². The molecule has 0 aromatic carbocycles. The maximum atomic E-state index is 11.6. The largest absolute Gasteiger partial charge is 0.426 e. The molecule has 0 radical (unpaired) electrons. The molecule has 0 aromatic heterocycles. The highest BCUT2D eigenvalue weighted by molar-refractivity contribution is 8.53. The molecule has 0 spiro atoms. The van der Waals surface area contributed by atoms with Gasteiger partial charge in [0, 0.05) is 17.8 Å². The predicted octanol–water partition coefficient (Wildman–Crippen LogP) is 4.01. The zero-order chi connectivity index (χ0) is 11.9. The summed E-state index contributed by atoms with van der Waals surface area (Å²) in [5.74, 6) is 1.58. The molecule has 0 aliphatic rings. The van der Waals surface area contributed by atoms with Gasteiger partial charge in [-0.15, -0.1) is 11.8 Å². The molecule has 6 heteroatoms. The number of carbonyl (C=O) groups excluding carboxylic acids is 1. The van der Waals surface area contributed by atoms with E-state index in [4.69, 9.17) is 0 Å². The molecule has 0 saturated heterocycles. The maximum Gasteiger partial charge on any atom is 0.426 e. The van der Waals surface area contributed by atoms with Crippen molar-refractivity contribution in [2.75, 3.05) is 17.8 Å². The SMILES string of the molecule is C=CC(=O)SCCSC(C)(C)[P+](=O)SC. The highest BCUT2D eigenvalue weighted by Gasteiger charge is 2.39. The summed E-state index contributed by atoms with van der Waals surface area (Å²) in [6.07, 6.45) is 3.18. The van der Waals surface area contributed by atoms with Gasteiger partial charge in [0.1, 0.15) is 11.4 Å². The summed E-state index contributed by atoms with van der Waals surface area (Å²) < 4.78 is 11.4. The Balaban J connectivity index is 3.80. The fourth-order valence-corrected chi connectivity index (χ4v) is 5.85. The van der Waals surface area contributed by atoms with Gasteiger partial charge in [-0.3, -0.25) is 4.79 Å². The van der Waals surface area contributed by atoms with Crippen molar-refractivity contribution >= 4 is 47.0 Å². The smallest absolute Gasteiger partial charge is 0.282 e. The summed E-state index contributed by atoms with van der Waals surface area (Å²) in [7, 11) is -1.24. The van der Waals surface area contributed by atoms with E-state index in [1.807, 2.05) is 20.1 Å². The Bertz CT molecular complexity index is 254. The predicted molar refractivity (Wildman–Crippen MR) is 75.3 cm³/mol. The van der Waals surface area contributed by atoms with Crippen LogP contribution < -0.4 is 0 Å². The normalized spacial score (nSPS) is 12.3. The molecule has 2 nitrogen and oxygen atoms in total. The Hall–Kier alpha value is 0.560. The molecule has 0 aliphatic heterocycles. The summed E-state index contributed by atoms with van der Waals surface area (Å²) in [6.45, 7) is 7.36. The zero-order valence-corrected chi connectivity index (χ0v) is 12.5. The highest BCUT2D eigenvalue weighted by Crippen LogP contribution is 2.54. The maximum absolute atomic E-state index is 11.6. The van der Waals surface area contributed by atoms with Gasteiger partial charge in [-0.25, -0.2) is 0 Å². The molecule has 86 valence electrons. The molecule has 0 rings (SSSR count). The number of thioether (sulfide) groups is 2. The number of hydrogen-bond acceptors (Lipinski definition) is 5. The van der Waals surface area contributed by atoms with Crippen LogP contribution in [0.1, 0.15) is 13.8 Å². The fourth-order valence-electron chi connectivity index (χ4n) is 0.765. The third-order valence-corrected chi connectivity index (χ3v) is 8.59. The molecule has 15 heavy (non-hydrogen) atoms. The number of carbonyl (C=O) groups is 1. The van der Waals surface area contributed by atoms with Crippen LogP contribution in [0.3, 0.4) is 0 Å². The molecule has 1 atom stereocenters. The summed E-state index contributed by atoms with van der Waals surface area (Å²) in [4.78, 5) is 10.9. The third-order valence-electron chi connectivity index (χ3n) is 1.56. The zero-order valence-electron chi connectivity index (χ0n) is 9.19. The summed E-state index contributed by atoms with van der Waals surface area (Å²) in [5, 5.41) is 0.00246. The van der Waals surface area contributed by atoms with E-state index in [1.54, 1.807) is 11.8 Å². The molecular weight excluding hydrogens is 267 g/mol. The summed E-state index contributed by atoms with van der Waals surface area (Å²) >= 11 is 4.31. The van der Waals surface area contributed by atoms with E-state index in [1.165, 1.54) is 29.2 Å². The van der Waals surface area contributed by atoms with Gasteiger partial charge in [0.05, 0.1) is 0 Å². The molecule has 0 fully saturated rings. The van der Waals surface area contributed by atoms with Crippen molar-refractivity contribution in [1.82, 2.24) is 0 Å². The van der Waals surface area contributed by atoms with E-state index in [0.29, 0.717) is 0 Å². The quantitative estimate of drug-likeness (QED) is 0.401. The first-order valence-corrected chi connectivity index (χ1v) is 9.44. The molecule has 0 aliphatic carbocycles. The van der Waals surface area contributed by atoms with Crippen LogP contribution in [0.15, 0.2) is 12.7 Å². The van der Waals surface area contributed by atoms with Gasteiger partial charge < -0.3 is 0 Å². The van der Waals surface area contributed by atoms with E-state index in [2.05, 4.69) is 6.58 Å². The first-order valence-electron chi connectivity index (χ1n) is 4.38. The average Bonchev–Trinajstić information content (AvgIpc) is 2.22. The molecule has 0 heterocycles. The average molecular weight is 283 g/mol. The van der Waals surface area contributed by atoms with Gasteiger partial charge in [-0.05, 0) is 19.9 Å². The number of hydrogen-bond donors (Lipinski definition) is 0. The van der Waals surface area contributed by atoms with Crippen LogP contribution in [0.5, 0.6) is 0 Å². The molecule has 0 saturated carbocycles. The van der Waals surface area contributed by atoms with Crippen molar-refractivity contribution in [1.29, 1.82) is 0 Å². The Labute approximate surface area is 105 Å². The van der Waals surface area contributed by atoms with Crippen molar-refractivity contribution < 1.29 is 9.36 Å². The topological polar surface area (TPSA) is 34.1 Å². The Morgan fingerprint density at radius 1 is 1.47 bits per heavy atom. The molecule has 0 bridgehead atoms. The Morgan fingerprint density at radius 2 is 2.07 bits per heavy atom. The van der Waals surface area contributed by atoms with Gasteiger partial charge in [-0.1, -0.05) is 22.9 Å². The highest BCUT2D eigenvalue weighted by atomic mass is 32.7. The van der Waals surface area contributed by atoms with Crippen LogP contribution in [-0.4, -0.2) is 27.4 Å². The van der Waals surface area contributed by atoms with Gasteiger partial charge in [0.15, 0.2) is 0 Å². The lowest BCUT2D eigenvalue weighted by atomic mass is 10.5. The van der Waals surface area contributed by atoms with Crippen LogP contribution in [0.4, 0.5) is 0 Å². The van der Waals surface area contributed by atoms with Gasteiger partial charge in [0.25, 0.3) is 0 Å². The molecule has 1 unspecified atom stereocenters. The van der Waals surface area contributed by atoms with Crippen LogP contribution in [0.25, 0.3) is 0 Å².